The van der Waals surface area contributed by atoms with E-state index in [1.807, 2.05) is 0 Å². The van der Waals surface area contributed by atoms with Crippen molar-refractivity contribution in [1.29, 1.82) is 0 Å². The Morgan fingerprint density at radius 3 is 1.62 bits per heavy atom. The third kappa shape index (κ3) is 2.34. The lowest BCUT2D eigenvalue weighted by atomic mass is 10.4. The van der Waals surface area contributed by atoms with E-state index >= 15 is 0 Å². The van der Waals surface area contributed by atoms with Crippen LogP contribution in [0.1, 0.15) is 11.6 Å². The lowest BCUT2D eigenvalue weighted by Crippen LogP contribution is -2.20. The zero-order valence-electron chi connectivity index (χ0n) is 7.60. The van der Waals surface area contributed by atoms with E-state index in [1.165, 1.54) is 0 Å². The third-order valence-corrected chi connectivity index (χ3v) is 1.57. The molecule has 9 heteroatoms. The SMILES string of the molecule is C=CCn1c(C(F)(F)F)nnc1C(F)(F)F. The van der Waals surface area contributed by atoms with Gasteiger partial charge in [-0.3, -0.25) is 4.57 Å². The van der Waals surface area contributed by atoms with Crippen LogP contribution in [0.5, 0.6) is 0 Å². The van der Waals surface area contributed by atoms with Gasteiger partial charge in [0.15, 0.2) is 0 Å². The number of hydrogen-bond donors (Lipinski definition) is 0. The maximum Gasteiger partial charge on any atom is 0.451 e. The van der Waals surface area contributed by atoms with Gasteiger partial charge in [0.2, 0.25) is 11.6 Å². The summed E-state index contributed by atoms with van der Waals surface area (Å²) in [7, 11) is 0. The molecule has 0 bridgehead atoms. The summed E-state index contributed by atoms with van der Waals surface area (Å²) < 4.78 is 73.4. The van der Waals surface area contributed by atoms with Gasteiger partial charge in [0, 0.05) is 6.54 Å². The Hall–Kier alpha value is -1.54. The molecule has 0 aliphatic carbocycles. The first-order valence-corrected chi connectivity index (χ1v) is 3.86. The van der Waals surface area contributed by atoms with E-state index in [9.17, 15) is 26.3 Å². The Balaban J connectivity index is 3.33. The zero-order valence-corrected chi connectivity index (χ0v) is 7.60. The van der Waals surface area contributed by atoms with E-state index in [2.05, 4.69) is 16.8 Å². The van der Waals surface area contributed by atoms with Crippen molar-refractivity contribution in [2.24, 2.45) is 0 Å². The summed E-state index contributed by atoms with van der Waals surface area (Å²) in [5.41, 5.74) is 0. The van der Waals surface area contributed by atoms with Gasteiger partial charge in [-0.15, -0.1) is 16.8 Å². The molecule has 0 saturated carbocycles. The highest BCUT2D eigenvalue weighted by Crippen LogP contribution is 2.33. The van der Waals surface area contributed by atoms with Crippen LogP contribution in [-0.4, -0.2) is 14.8 Å². The van der Waals surface area contributed by atoms with Crippen LogP contribution in [-0.2, 0) is 18.9 Å². The standard InChI is InChI=1S/C7H5F6N3/c1-2-3-16-4(6(8,9)10)14-15-5(16)7(11,12)13/h2H,1,3H2. The minimum Gasteiger partial charge on any atom is -0.296 e. The molecule has 0 unspecified atom stereocenters. The van der Waals surface area contributed by atoms with Crippen molar-refractivity contribution in [1.82, 2.24) is 14.8 Å². The van der Waals surface area contributed by atoms with Gasteiger partial charge in [0.05, 0.1) is 0 Å². The molecule has 0 spiro atoms. The van der Waals surface area contributed by atoms with Gasteiger partial charge in [0.25, 0.3) is 0 Å². The Kier molecular flexibility index (Phi) is 2.97. The van der Waals surface area contributed by atoms with Crippen LogP contribution in [0.15, 0.2) is 12.7 Å². The second-order valence-electron chi connectivity index (χ2n) is 2.74. The molecule has 3 nitrogen and oxygen atoms in total. The van der Waals surface area contributed by atoms with Crippen molar-refractivity contribution in [2.75, 3.05) is 0 Å². The van der Waals surface area contributed by atoms with Crippen LogP contribution in [0, 0.1) is 0 Å². The molecule has 1 rings (SSSR count). The molecular weight excluding hydrogens is 240 g/mol. The van der Waals surface area contributed by atoms with E-state index in [1.54, 1.807) is 0 Å². The Morgan fingerprint density at radius 1 is 1.00 bits per heavy atom. The van der Waals surface area contributed by atoms with Crippen molar-refractivity contribution in [3.63, 3.8) is 0 Å². The van der Waals surface area contributed by atoms with Crippen molar-refractivity contribution < 1.29 is 26.3 Å². The van der Waals surface area contributed by atoms with Crippen LogP contribution in [0.25, 0.3) is 0 Å². The van der Waals surface area contributed by atoms with E-state index in [0.29, 0.717) is 0 Å². The molecule has 0 aromatic carbocycles. The maximum atomic E-state index is 12.2. The molecule has 0 saturated heterocycles. The minimum atomic E-state index is -4.99. The van der Waals surface area contributed by atoms with Crippen LogP contribution in [0.2, 0.25) is 0 Å². The first-order chi connectivity index (χ1) is 7.18. The first-order valence-electron chi connectivity index (χ1n) is 3.86. The number of rotatable bonds is 2. The average molecular weight is 245 g/mol. The topological polar surface area (TPSA) is 30.7 Å². The Bertz CT molecular complexity index is 356. The molecule has 90 valence electrons. The second-order valence-corrected chi connectivity index (χ2v) is 2.74. The Labute approximate surface area is 85.4 Å². The van der Waals surface area contributed by atoms with E-state index in [-0.39, 0.29) is 4.57 Å². The highest BCUT2D eigenvalue weighted by Gasteiger charge is 2.44. The number of allylic oxidation sites excluding steroid dienone is 1. The maximum absolute atomic E-state index is 12.2. The predicted octanol–water partition coefficient (Wildman–Crippen LogP) is 2.50. The molecule has 1 aromatic rings. The van der Waals surface area contributed by atoms with Crippen molar-refractivity contribution in [2.45, 2.75) is 18.9 Å². The molecule has 0 aliphatic heterocycles. The molecule has 1 heterocycles. The van der Waals surface area contributed by atoms with Gasteiger partial charge < -0.3 is 0 Å². The smallest absolute Gasteiger partial charge is 0.296 e. The van der Waals surface area contributed by atoms with E-state index in [0.717, 1.165) is 6.08 Å². The summed E-state index contributed by atoms with van der Waals surface area (Å²) in [4.78, 5) is 0. The molecule has 0 amide bonds. The molecular formula is C7H5F6N3. The number of nitrogens with zero attached hydrogens (tertiary/aromatic N) is 3. The van der Waals surface area contributed by atoms with Crippen LogP contribution in [0.3, 0.4) is 0 Å². The lowest BCUT2D eigenvalue weighted by molar-refractivity contribution is -0.155. The van der Waals surface area contributed by atoms with Crippen molar-refractivity contribution in [3.05, 3.63) is 24.3 Å². The molecule has 0 fully saturated rings. The molecule has 0 atom stereocenters. The summed E-state index contributed by atoms with van der Waals surface area (Å²) in [6.07, 6.45) is -9.08. The highest BCUT2D eigenvalue weighted by atomic mass is 19.4. The summed E-state index contributed by atoms with van der Waals surface area (Å²) in [6, 6.07) is 0. The lowest BCUT2D eigenvalue weighted by Gasteiger charge is -2.11. The van der Waals surface area contributed by atoms with Gasteiger partial charge in [-0.05, 0) is 0 Å². The van der Waals surface area contributed by atoms with Gasteiger partial charge in [-0.1, -0.05) is 6.08 Å². The number of hydrogen-bond acceptors (Lipinski definition) is 2. The second kappa shape index (κ2) is 3.80. The Morgan fingerprint density at radius 2 is 1.38 bits per heavy atom. The van der Waals surface area contributed by atoms with Crippen LogP contribution in [0.4, 0.5) is 26.3 Å². The van der Waals surface area contributed by atoms with Crippen molar-refractivity contribution in [3.8, 4) is 0 Å². The predicted molar refractivity (Wildman–Crippen MR) is 40.2 cm³/mol. The quantitative estimate of drug-likeness (QED) is 0.592. The van der Waals surface area contributed by atoms with Gasteiger partial charge >= 0.3 is 12.4 Å². The fourth-order valence-electron chi connectivity index (χ4n) is 1.02. The summed E-state index contributed by atoms with van der Waals surface area (Å²) in [5.74, 6) is -3.39. The van der Waals surface area contributed by atoms with E-state index in [4.69, 9.17) is 0 Å². The van der Waals surface area contributed by atoms with Gasteiger partial charge in [-0.2, -0.15) is 26.3 Å². The number of halogens is 6. The fraction of sp³-hybridized carbons (Fsp3) is 0.429. The van der Waals surface area contributed by atoms with Gasteiger partial charge in [-0.25, -0.2) is 0 Å². The van der Waals surface area contributed by atoms with Crippen molar-refractivity contribution >= 4 is 0 Å². The summed E-state index contributed by atoms with van der Waals surface area (Å²) in [5, 5.41) is 4.99. The highest BCUT2D eigenvalue weighted by molar-refractivity contribution is 5.04. The van der Waals surface area contributed by atoms with Gasteiger partial charge in [0.1, 0.15) is 0 Å². The van der Waals surface area contributed by atoms with Crippen LogP contribution >= 0.6 is 0 Å². The zero-order chi connectivity index (χ0) is 12.6. The molecule has 1 aromatic heterocycles. The molecule has 0 aliphatic rings. The normalized spacial score (nSPS) is 12.9. The number of alkyl halides is 6. The first kappa shape index (κ1) is 12.5. The summed E-state index contributed by atoms with van der Waals surface area (Å²) in [6.45, 7) is 2.40. The van der Waals surface area contributed by atoms with E-state index < -0.39 is 30.5 Å². The number of aromatic nitrogens is 3. The minimum absolute atomic E-state index is 0.0764. The van der Waals surface area contributed by atoms with Crippen LogP contribution < -0.4 is 0 Å². The molecule has 0 N–H and O–H groups in total. The molecule has 0 radical (unpaired) electrons. The largest absolute Gasteiger partial charge is 0.451 e. The molecule has 16 heavy (non-hydrogen) atoms. The average Bonchev–Trinajstić information content (AvgIpc) is 2.46. The summed E-state index contributed by atoms with van der Waals surface area (Å²) >= 11 is 0. The monoisotopic (exact) mass is 245 g/mol. The fourth-order valence-corrected chi connectivity index (χ4v) is 1.02. The third-order valence-electron chi connectivity index (χ3n) is 1.57.